The summed E-state index contributed by atoms with van der Waals surface area (Å²) in [6.45, 7) is 4.37. The number of nitrogens with one attached hydrogen (secondary N) is 1. The first-order valence-electron chi connectivity index (χ1n) is 7.63. The maximum Gasteiger partial charge on any atom is 0.237 e. The monoisotopic (exact) mass is 300 g/mol. The second kappa shape index (κ2) is 7.38. The summed E-state index contributed by atoms with van der Waals surface area (Å²) in [5.41, 5.74) is 1.09. The molecule has 22 heavy (non-hydrogen) atoms. The van der Waals surface area contributed by atoms with Crippen LogP contribution >= 0.6 is 0 Å². The summed E-state index contributed by atoms with van der Waals surface area (Å²) in [4.78, 5) is 14.1. The molecule has 0 spiro atoms. The molecule has 0 aliphatic heterocycles. The van der Waals surface area contributed by atoms with E-state index in [0.29, 0.717) is 6.54 Å². The minimum atomic E-state index is -0.268. The average molecular weight is 300 g/mol. The van der Waals surface area contributed by atoms with E-state index in [0.717, 1.165) is 5.56 Å². The third-order valence-corrected chi connectivity index (χ3v) is 4.13. The molecule has 0 aromatic heterocycles. The minimum Gasteiger partial charge on any atom is -0.395 e. The Hall–Kier alpha value is -1.91. The lowest BCUT2D eigenvalue weighted by Crippen LogP contribution is -2.44. The van der Waals surface area contributed by atoms with Crippen LogP contribution in [-0.2, 0) is 4.79 Å². The zero-order chi connectivity index (χ0) is 16.1. The summed E-state index contributed by atoms with van der Waals surface area (Å²) in [7, 11) is 1.83. The highest BCUT2D eigenvalue weighted by Gasteiger charge is 2.19. The van der Waals surface area contributed by atoms with Gasteiger partial charge < -0.3 is 10.4 Å². The van der Waals surface area contributed by atoms with Crippen molar-refractivity contribution in [3.63, 3.8) is 0 Å². The van der Waals surface area contributed by atoms with Crippen LogP contribution < -0.4 is 5.32 Å². The van der Waals surface area contributed by atoms with E-state index in [1.165, 1.54) is 10.8 Å². The Morgan fingerprint density at radius 2 is 1.86 bits per heavy atom. The Bertz CT molecular complexity index is 642. The summed E-state index contributed by atoms with van der Waals surface area (Å²) >= 11 is 0. The smallest absolute Gasteiger partial charge is 0.237 e. The van der Waals surface area contributed by atoms with Crippen LogP contribution in [0.25, 0.3) is 10.8 Å². The van der Waals surface area contributed by atoms with Gasteiger partial charge in [-0.2, -0.15) is 0 Å². The van der Waals surface area contributed by atoms with Gasteiger partial charge in [0, 0.05) is 6.54 Å². The van der Waals surface area contributed by atoms with Gasteiger partial charge in [-0.15, -0.1) is 0 Å². The Morgan fingerprint density at radius 3 is 2.55 bits per heavy atom. The Kier molecular flexibility index (Phi) is 5.52. The third-order valence-electron chi connectivity index (χ3n) is 4.13. The summed E-state index contributed by atoms with van der Waals surface area (Å²) in [6.07, 6.45) is 0. The number of likely N-dealkylation sites (N-methyl/N-ethyl adjacent to an activating group) is 1. The first-order valence-corrected chi connectivity index (χ1v) is 7.63. The molecular formula is C18H24N2O2. The summed E-state index contributed by atoms with van der Waals surface area (Å²) in [5, 5.41) is 14.4. The molecule has 0 saturated carbocycles. The first kappa shape index (κ1) is 16.5. The predicted molar refractivity (Wildman–Crippen MR) is 89.7 cm³/mol. The van der Waals surface area contributed by atoms with Gasteiger partial charge in [-0.25, -0.2) is 0 Å². The average Bonchev–Trinajstić information content (AvgIpc) is 2.53. The van der Waals surface area contributed by atoms with Gasteiger partial charge >= 0.3 is 0 Å². The van der Waals surface area contributed by atoms with E-state index in [9.17, 15) is 4.79 Å². The predicted octanol–water partition coefficient (Wildman–Crippen LogP) is 2.33. The number of carbonyl (C=O) groups excluding carboxylic acids is 1. The molecule has 2 atom stereocenters. The maximum absolute atomic E-state index is 12.3. The number of hydrogen-bond acceptors (Lipinski definition) is 3. The van der Waals surface area contributed by atoms with Gasteiger partial charge in [0.15, 0.2) is 0 Å². The van der Waals surface area contributed by atoms with Gasteiger partial charge in [-0.05, 0) is 43.3 Å². The fourth-order valence-electron chi connectivity index (χ4n) is 2.45. The van der Waals surface area contributed by atoms with E-state index < -0.39 is 0 Å². The molecule has 4 nitrogen and oxygen atoms in total. The molecule has 4 heteroatoms. The van der Waals surface area contributed by atoms with Crippen molar-refractivity contribution in [2.24, 2.45) is 0 Å². The highest BCUT2D eigenvalue weighted by molar-refractivity contribution is 5.84. The normalized spacial score (nSPS) is 14.0. The highest BCUT2D eigenvalue weighted by Crippen LogP contribution is 2.20. The molecule has 0 heterocycles. The van der Waals surface area contributed by atoms with Crippen molar-refractivity contribution in [2.75, 3.05) is 20.2 Å². The molecule has 2 rings (SSSR count). The molecule has 118 valence electrons. The molecule has 0 radical (unpaired) electrons. The zero-order valence-corrected chi connectivity index (χ0v) is 13.4. The van der Waals surface area contributed by atoms with Gasteiger partial charge in [0.1, 0.15) is 0 Å². The van der Waals surface area contributed by atoms with Crippen LogP contribution in [0.3, 0.4) is 0 Å². The number of carbonyl (C=O) groups is 1. The van der Waals surface area contributed by atoms with Crippen molar-refractivity contribution in [3.05, 3.63) is 48.0 Å². The fraction of sp³-hybridized carbons (Fsp3) is 0.389. The molecule has 2 N–H and O–H groups in total. The summed E-state index contributed by atoms with van der Waals surface area (Å²) < 4.78 is 0. The number of nitrogens with zero attached hydrogens (tertiary/aromatic N) is 1. The van der Waals surface area contributed by atoms with Crippen LogP contribution in [0.15, 0.2) is 42.5 Å². The van der Waals surface area contributed by atoms with Crippen LogP contribution in [0, 0.1) is 0 Å². The van der Waals surface area contributed by atoms with Gasteiger partial charge in [0.05, 0.1) is 18.7 Å². The van der Waals surface area contributed by atoms with Crippen molar-refractivity contribution in [3.8, 4) is 0 Å². The van der Waals surface area contributed by atoms with E-state index in [1.54, 1.807) is 0 Å². The van der Waals surface area contributed by atoms with Gasteiger partial charge in [0.2, 0.25) is 5.91 Å². The number of aliphatic hydroxyl groups is 1. The quantitative estimate of drug-likeness (QED) is 0.861. The van der Waals surface area contributed by atoms with E-state index >= 15 is 0 Å². The molecule has 0 bridgehead atoms. The fourth-order valence-corrected chi connectivity index (χ4v) is 2.45. The number of benzene rings is 2. The van der Waals surface area contributed by atoms with Crippen molar-refractivity contribution in [2.45, 2.75) is 25.9 Å². The van der Waals surface area contributed by atoms with E-state index in [-0.39, 0.29) is 24.6 Å². The maximum atomic E-state index is 12.3. The van der Waals surface area contributed by atoms with Crippen LogP contribution in [-0.4, -0.2) is 42.2 Å². The van der Waals surface area contributed by atoms with Crippen molar-refractivity contribution >= 4 is 16.7 Å². The number of amides is 1. The van der Waals surface area contributed by atoms with Gasteiger partial charge in [-0.3, -0.25) is 9.69 Å². The lowest BCUT2D eigenvalue weighted by atomic mass is 10.0. The molecule has 2 aromatic carbocycles. The molecule has 2 aromatic rings. The lowest BCUT2D eigenvalue weighted by Gasteiger charge is -2.25. The number of fused-ring (bicyclic) bond motifs is 1. The topological polar surface area (TPSA) is 52.6 Å². The summed E-state index contributed by atoms with van der Waals surface area (Å²) in [6, 6.07) is 14.1. The molecule has 0 aliphatic carbocycles. The molecule has 0 aliphatic rings. The van der Waals surface area contributed by atoms with Gasteiger partial charge in [0.25, 0.3) is 0 Å². The molecule has 1 amide bonds. The largest absolute Gasteiger partial charge is 0.395 e. The lowest BCUT2D eigenvalue weighted by molar-refractivity contribution is -0.126. The summed E-state index contributed by atoms with van der Waals surface area (Å²) in [5.74, 6) is -0.0309. The van der Waals surface area contributed by atoms with Crippen molar-refractivity contribution < 1.29 is 9.90 Å². The zero-order valence-electron chi connectivity index (χ0n) is 13.4. The first-order chi connectivity index (χ1) is 10.5. The van der Waals surface area contributed by atoms with Crippen molar-refractivity contribution in [1.82, 2.24) is 10.2 Å². The molecule has 2 unspecified atom stereocenters. The van der Waals surface area contributed by atoms with E-state index in [2.05, 4.69) is 35.6 Å². The number of rotatable bonds is 6. The third kappa shape index (κ3) is 3.84. The van der Waals surface area contributed by atoms with Crippen LogP contribution in [0.1, 0.15) is 25.5 Å². The standard InChI is InChI=1S/C18H24N2O2/c1-13(19-18(22)14(2)20(3)10-11-21)16-9-8-15-6-4-5-7-17(15)12-16/h4-9,12-14,21H,10-11H2,1-3H3,(H,19,22). The number of hydrogen-bond donors (Lipinski definition) is 2. The molecule has 0 fully saturated rings. The highest BCUT2D eigenvalue weighted by atomic mass is 16.3. The van der Waals surface area contributed by atoms with Crippen LogP contribution in [0.5, 0.6) is 0 Å². The SMILES string of the molecule is CC(NC(=O)C(C)N(C)CCO)c1ccc2ccccc2c1. The van der Waals surface area contributed by atoms with Crippen molar-refractivity contribution in [1.29, 1.82) is 0 Å². The second-order valence-corrected chi connectivity index (χ2v) is 5.72. The van der Waals surface area contributed by atoms with Gasteiger partial charge in [-0.1, -0.05) is 36.4 Å². The molecular weight excluding hydrogens is 276 g/mol. The van der Waals surface area contributed by atoms with Crippen LogP contribution in [0.4, 0.5) is 0 Å². The Balaban J connectivity index is 2.06. The Labute approximate surface area is 131 Å². The van der Waals surface area contributed by atoms with E-state index in [4.69, 9.17) is 5.11 Å². The number of aliphatic hydroxyl groups excluding tert-OH is 1. The minimum absolute atomic E-state index is 0.0309. The molecule has 0 saturated heterocycles. The van der Waals surface area contributed by atoms with E-state index in [1.807, 2.05) is 37.9 Å². The second-order valence-electron chi connectivity index (χ2n) is 5.72. The Morgan fingerprint density at radius 1 is 1.18 bits per heavy atom. The van der Waals surface area contributed by atoms with Crippen LogP contribution in [0.2, 0.25) is 0 Å².